The molecule has 0 N–H and O–H groups in total. The number of nitrogens with zero attached hydrogens (tertiary/aromatic N) is 2. The molecule has 0 spiro atoms. The van der Waals surface area contributed by atoms with Gasteiger partial charge in [0.2, 0.25) is 0 Å². The normalized spacial score (nSPS) is 12.1. The summed E-state index contributed by atoms with van der Waals surface area (Å²) >= 11 is 0. The highest BCUT2D eigenvalue weighted by Crippen LogP contribution is 2.29. The Labute approximate surface area is 151 Å². The number of benzene rings is 2. The first kappa shape index (κ1) is 17.6. The Bertz CT molecular complexity index is 902. The van der Waals surface area contributed by atoms with E-state index >= 15 is 0 Å². The van der Waals surface area contributed by atoms with Crippen LogP contribution in [-0.2, 0) is 11.8 Å². The summed E-state index contributed by atoms with van der Waals surface area (Å²) in [6, 6.07) is 13.1. The zero-order valence-corrected chi connectivity index (χ0v) is 16.2. The first-order valence-corrected chi connectivity index (χ1v) is 9.11. The van der Waals surface area contributed by atoms with E-state index in [4.69, 9.17) is 4.98 Å². The van der Waals surface area contributed by atoms with Crippen LogP contribution < -0.4 is 0 Å². The van der Waals surface area contributed by atoms with Crippen molar-refractivity contribution in [2.45, 2.75) is 53.4 Å². The molecule has 2 nitrogen and oxygen atoms in total. The third kappa shape index (κ3) is 3.89. The molecule has 0 aliphatic heterocycles. The van der Waals surface area contributed by atoms with Gasteiger partial charge in [-0.25, -0.2) is 9.97 Å². The molecular formula is C23H28N2. The number of aryl methyl sites for hydroxylation is 1. The molecule has 0 saturated carbocycles. The van der Waals surface area contributed by atoms with Crippen molar-refractivity contribution < 1.29 is 0 Å². The van der Waals surface area contributed by atoms with Crippen molar-refractivity contribution in [3.8, 4) is 11.4 Å². The van der Waals surface area contributed by atoms with Crippen LogP contribution >= 0.6 is 0 Å². The van der Waals surface area contributed by atoms with Gasteiger partial charge in [-0.2, -0.15) is 0 Å². The summed E-state index contributed by atoms with van der Waals surface area (Å²) in [7, 11) is 0. The molecule has 2 aromatic carbocycles. The second-order valence-corrected chi connectivity index (χ2v) is 8.48. The van der Waals surface area contributed by atoms with Crippen LogP contribution in [0.25, 0.3) is 22.3 Å². The van der Waals surface area contributed by atoms with Gasteiger partial charge in [-0.1, -0.05) is 64.4 Å². The SMILES string of the molecule is Cc1cc(-c2ncc3cccc(CC(C)C)c3n2)cc(C(C)(C)C)c1. The minimum absolute atomic E-state index is 0.112. The van der Waals surface area contributed by atoms with Gasteiger partial charge in [-0.3, -0.25) is 0 Å². The molecule has 2 heteroatoms. The van der Waals surface area contributed by atoms with Gasteiger partial charge < -0.3 is 0 Å². The highest BCUT2D eigenvalue weighted by molar-refractivity contribution is 5.82. The minimum Gasteiger partial charge on any atom is -0.236 e. The lowest BCUT2D eigenvalue weighted by atomic mass is 9.85. The fourth-order valence-corrected chi connectivity index (χ4v) is 3.21. The summed E-state index contributed by atoms with van der Waals surface area (Å²) in [6.45, 7) is 13.4. The van der Waals surface area contributed by atoms with E-state index < -0.39 is 0 Å². The van der Waals surface area contributed by atoms with E-state index in [1.54, 1.807) is 0 Å². The first-order chi connectivity index (χ1) is 11.7. The zero-order chi connectivity index (χ0) is 18.2. The van der Waals surface area contributed by atoms with Crippen LogP contribution in [0, 0.1) is 12.8 Å². The van der Waals surface area contributed by atoms with Gasteiger partial charge >= 0.3 is 0 Å². The maximum atomic E-state index is 4.95. The minimum atomic E-state index is 0.112. The fraction of sp³-hybridized carbons (Fsp3) is 0.391. The Morgan fingerprint density at radius 1 is 1.04 bits per heavy atom. The van der Waals surface area contributed by atoms with Gasteiger partial charge in [-0.05, 0) is 47.9 Å². The summed E-state index contributed by atoms with van der Waals surface area (Å²) in [6.07, 6.45) is 3.00. The van der Waals surface area contributed by atoms with Crippen molar-refractivity contribution in [1.29, 1.82) is 0 Å². The Morgan fingerprint density at radius 2 is 1.80 bits per heavy atom. The monoisotopic (exact) mass is 332 g/mol. The number of rotatable bonds is 3. The van der Waals surface area contributed by atoms with Gasteiger partial charge in [0.05, 0.1) is 5.52 Å². The Balaban J connectivity index is 2.15. The van der Waals surface area contributed by atoms with Crippen LogP contribution in [0.5, 0.6) is 0 Å². The molecule has 3 aromatic rings. The van der Waals surface area contributed by atoms with Crippen LogP contribution in [-0.4, -0.2) is 9.97 Å². The van der Waals surface area contributed by atoms with Crippen molar-refractivity contribution in [2.75, 3.05) is 0 Å². The average molecular weight is 332 g/mol. The molecule has 0 saturated heterocycles. The van der Waals surface area contributed by atoms with Crippen LogP contribution in [0.1, 0.15) is 51.3 Å². The van der Waals surface area contributed by atoms with E-state index in [1.807, 2.05) is 6.20 Å². The molecule has 3 rings (SSSR count). The van der Waals surface area contributed by atoms with E-state index in [1.165, 1.54) is 16.7 Å². The van der Waals surface area contributed by atoms with Crippen molar-refractivity contribution in [2.24, 2.45) is 5.92 Å². The summed E-state index contributed by atoms with van der Waals surface area (Å²) < 4.78 is 0. The molecule has 0 radical (unpaired) electrons. The van der Waals surface area contributed by atoms with Gasteiger partial charge in [0, 0.05) is 17.1 Å². The first-order valence-electron chi connectivity index (χ1n) is 9.11. The number of hydrogen-bond donors (Lipinski definition) is 0. The number of fused-ring (bicyclic) bond motifs is 1. The lowest BCUT2D eigenvalue weighted by Gasteiger charge is -2.20. The molecule has 0 bridgehead atoms. The van der Waals surface area contributed by atoms with E-state index in [2.05, 4.69) is 82.9 Å². The van der Waals surface area contributed by atoms with Crippen LogP contribution in [0.3, 0.4) is 0 Å². The molecule has 0 unspecified atom stereocenters. The summed E-state index contributed by atoms with van der Waals surface area (Å²) in [5, 5.41) is 1.12. The maximum absolute atomic E-state index is 4.95. The predicted octanol–water partition coefficient (Wildman–Crippen LogP) is 6.10. The fourth-order valence-electron chi connectivity index (χ4n) is 3.21. The van der Waals surface area contributed by atoms with E-state index in [-0.39, 0.29) is 5.41 Å². The second kappa shape index (κ2) is 6.59. The number of para-hydroxylation sites is 1. The largest absolute Gasteiger partial charge is 0.236 e. The Kier molecular flexibility index (Phi) is 4.64. The summed E-state index contributed by atoms with van der Waals surface area (Å²) in [5.41, 5.74) is 6.18. The third-order valence-corrected chi connectivity index (χ3v) is 4.52. The number of hydrogen-bond acceptors (Lipinski definition) is 2. The second-order valence-electron chi connectivity index (χ2n) is 8.48. The van der Waals surface area contributed by atoms with Crippen molar-refractivity contribution in [1.82, 2.24) is 9.97 Å². The Hall–Kier alpha value is -2.22. The maximum Gasteiger partial charge on any atom is 0.159 e. The average Bonchev–Trinajstić information content (AvgIpc) is 2.53. The van der Waals surface area contributed by atoms with Crippen LogP contribution in [0.2, 0.25) is 0 Å². The highest BCUT2D eigenvalue weighted by Gasteiger charge is 2.16. The van der Waals surface area contributed by atoms with Crippen LogP contribution in [0.4, 0.5) is 0 Å². The molecule has 1 aromatic heterocycles. The number of aromatic nitrogens is 2. The van der Waals surface area contributed by atoms with Crippen molar-refractivity contribution >= 4 is 10.9 Å². The summed E-state index contributed by atoms with van der Waals surface area (Å²) in [5.74, 6) is 1.42. The van der Waals surface area contributed by atoms with E-state index in [9.17, 15) is 0 Å². The molecule has 1 heterocycles. The molecular weight excluding hydrogens is 304 g/mol. The molecule has 0 atom stereocenters. The molecule has 25 heavy (non-hydrogen) atoms. The van der Waals surface area contributed by atoms with E-state index in [0.29, 0.717) is 5.92 Å². The molecule has 0 fully saturated rings. The molecule has 0 aliphatic carbocycles. The lowest BCUT2D eigenvalue weighted by molar-refractivity contribution is 0.590. The van der Waals surface area contributed by atoms with E-state index in [0.717, 1.165) is 28.7 Å². The smallest absolute Gasteiger partial charge is 0.159 e. The molecule has 0 amide bonds. The highest BCUT2D eigenvalue weighted by atomic mass is 14.9. The Morgan fingerprint density at radius 3 is 2.48 bits per heavy atom. The van der Waals surface area contributed by atoms with Gasteiger partial charge in [0.1, 0.15) is 0 Å². The van der Waals surface area contributed by atoms with Gasteiger partial charge in [0.15, 0.2) is 5.82 Å². The predicted molar refractivity (Wildman–Crippen MR) is 107 cm³/mol. The third-order valence-electron chi connectivity index (χ3n) is 4.52. The zero-order valence-electron chi connectivity index (χ0n) is 16.2. The standard InChI is InChI=1S/C23H28N2/c1-15(2)10-17-8-7-9-18-14-24-22(25-21(17)18)19-11-16(3)12-20(13-19)23(4,5)6/h7-9,11-15H,10H2,1-6H3. The molecule has 0 aliphatic rings. The quantitative estimate of drug-likeness (QED) is 0.579. The molecule has 130 valence electrons. The van der Waals surface area contributed by atoms with Crippen LogP contribution in [0.15, 0.2) is 42.6 Å². The van der Waals surface area contributed by atoms with Crippen molar-refractivity contribution in [3.05, 3.63) is 59.3 Å². The van der Waals surface area contributed by atoms with Gasteiger partial charge in [-0.15, -0.1) is 0 Å². The van der Waals surface area contributed by atoms with Gasteiger partial charge in [0.25, 0.3) is 0 Å². The summed E-state index contributed by atoms with van der Waals surface area (Å²) in [4.78, 5) is 9.60. The lowest BCUT2D eigenvalue weighted by Crippen LogP contribution is -2.11. The van der Waals surface area contributed by atoms with Crippen molar-refractivity contribution in [3.63, 3.8) is 0 Å². The topological polar surface area (TPSA) is 25.8 Å².